The van der Waals surface area contributed by atoms with Crippen molar-refractivity contribution in [2.24, 2.45) is 0 Å². The third-order valence-corrected chi connectivity index (χ3v) is 5.80. The van der Waals surface area contributed by atoms with Crippen LogP contribution in [0.15, 0.2) is 29.2 Å². The van der Waals surface area contributed by atoms with E-state index in [1.807, 2.05) is 29.2 Å². The molecule has 1 aromatic rings. The minimum atomic E-state index is -0.0562. The average molecular weight is 378 g/mol. The van der Waals surface area contributed by atoms with Crippen LogP contribution in [-0.4, -0.2) is 67.9 Å². The first kappa shape index (κ1) is 19.2. The van der Waals surface area contributed by atoms with Crippen molar-refractivity contribution in [1.82, 2.24) is 10.2 Å². The van der Waals surface area contributed by atoms with Gasteiger partial charge in [-0.05, 0) is 12.1 Å². The van der Waals surface area contributed by atoms with Crippen molar-refractivity contribution in [3.8, 4) is 0 Å². The third-order valence-electron chi connectivity index (χ3n) is 4.64. The summed E-state index contributed by atoms with van der Waals surface area (Å²) >= 11 is 1.80. The first-order valence-corrected chi connectivity index (χ1v) is 10.1. The maximum absolute atomic E-state index is 12.6. The second-order valence-corrected chi connectivity index (χ2v) is 8.18. The molecule has 1 N–H and O–H groups in total. The molecule has 2 amide bonds. The number of hydrogen-bond acceptors (Lipinski definition) is 5. The molecule has 1 saturated heterocycles. The zero-order valence-corrected chi connectivity index (χ0v) is 16.1. The highest BCUT2D eigenvalue weighted by Gasteiger charge is 2.26. The number of nitrogens with zero attached hydrogens (tertiary/aromatic N) is 2. The molecule has 142 valence electrons. The van der Waals surface area contributed by atoms with Crippen LogP contribution >= 0.6 is 11.8 Å². The number of fused-ring (bicyclic) bond motifs is 1. The fourth-order valence-electron chi connectivity index (χ4n) is 3.25. The van der Waals surface area contributed by atoms with E-state index >= 15 is 0 Å². The Balaban J connectivity index is 1.43. The molecule has 2 aliphatic heterocycles. The van der Waals surface area contributed by atoms with E-state index in [9.17, 15) is 9.59 Å². The van der Waals surface area contributed by atoms with E-state index in [-0.39, 0.29) is 24.7 Å². The molecular formula is C19H27N3O3S. The molecule has 1 fully saturated rings. The lowest BCUT2D eigenvalue weighted by Crippen LogP contribution is -2.42. The predicted octanol–water partition coefficient (Wildman–Crippen LogP) is 1.74. The molecule has 0 spiro atoms. The molecule has 0 saturated carbocycles. The Hall–Kier alpha value is -1.57. The zero-order chi connectivity index (χ0) is 18.4. The highest BCUT2D eigenvalue weighted by molar-refractivity contribution is 8.00. The number of morpholine rings is 1. The molecule has 0 aliphatic carbocycles. The first-order chi connectivity index (χ1) is 12.6. The smallest absolute Gasteiger partial charge is 0.227 e. The zero-order valence-electron chi connectivity index (χ0n) is 15.3. The van der Waals surface area contributed by atoms with Crippen LogP contribution in [0.2, 0.25) is 0 Å². The molecule has 1 aromatic carbocycles. The number of benzene rings is 1. The third kappa shape index (κ3) is 5.22. The number of carbonyl (C=O) groups excluding carboxylic acids is 2. The molecule has 0 aromatic heterocycles. The summed E-state index contributed by atoms with van der Waals surface area (Å²) < 4.78 is 5.31. The molecule has 7 heteroatoms. The summed E-state index contributed by atoms with van der Waals surface area (Å²) in [5.74, 6) is -0.0349. The minimum absolute atomic E-state index is 0.0212. The summed E-state index contributed by atoms with van der Waals surface area (Å²) in [6.45, 7) is 7.62. The van der Waals surface area contributed by atoms with Gasteiger partial charge in [0.2, 0.25) is 11.8 Å². The van der Waals surface area contributed by atoms with E-state index in [0.29, 0.717) is 18.3 Å². The summed E-state index contributed by atoms with van der Waals surface area (Å²) in [6.07, 6.45) is 0.483. The Morgan fingerprint density at radius 1 is 1.23 bits per heavy atom. The Morgan fingerprint density at radius 2 is 2.00 bits per heavy atom. The number of carbonyl (C=O) groups is 2. The summed E-state index contributed by atoms with van der Waals surface area (Å²) in [5.41, 5.74) is 0.966. The quantitative estimate of drug-likeness (QED) is 0.818. The molecule has 1 atom stereocenters. The molecule has 3 rings (SSSR count). The van der Waals surface area contributed by atoms with E-state index in [1.54, 1.807) is 11.8 Å². The average Bonchev–Trinajstić information content (AvgIpc) is 2.66. The van der Waals surface area contributed by atoms with Gasteiger partial charge in [0, 0.05) is 55.7 Å². The van der Waals surface area contributed by atoms with Gasteiger partial charge < -0.3 is 15.0 Å². The maximum atomic E-state index is 12.6. The van der Waals surface area contributed by atoms with Gasteiger partial charge in [0.25, 0.3) is 0 Å². The molecule has 2 heterocycles. The largest absolute Gasteiger partial charge is 0.379 e. The van der Waals surface area contributed by atoms with Crippen molar-refractivity contribution >= 4 is 29.3 Å². The van der Waals surface area contributed by atoms with Gasteiger partial charge in [-0.3, -0.25) is 14.5 Å². The van der Waals surface area contributed by atoms with Crippen molar-refractivity contribution in [3.05, 3.63) is 24.3 Å². The van der Waals surface area contributed by atoms with Crippen LogP contribution in [0.3, 0.4) is 0 Å². The maximum Gasteiger partial charge on any atom is 0.227 e. The summed E-state index contributed by atoms with van der Waals surface area (Å²) in [5, 5.41) is 3.28. The number of nitrogens with one attached hydrogen (secondary N) is 1. The van der Waals surface area contributed by atoms with Crippen LogP contribution in [0.1, 0.15) is 19.8 Å². The van der Waals surface area contributed by atoms with E-state index in [2.05, 4.69) is 17.1 Å². The Bertz CT molecular complexity index is 634. The van der Waals surface area contributed by atoms with Crippen molar-refractivity contribution in [2.45, 2.75) is 29.9 Å². The standard InChI is InChI=1S/C19H27N3O3S/c1-15-14-22(16-4-2-3-5-17(16)26-15)19(24)7-6-18(23)20-8-9-21-10-12-25-13-11-21/h2-5,15H,6-14H2,1H3,(H,20,23)/t15-/m0/s1. The summed E-state index contributed by atoms with van der Waals surface area (Å²) in [6, 6.07) is 7.98. The second-order valence-electron chi connectivity index (χ2n) is 6.70. The molecule has 0 radical (unpaired) electrons. The van der Waals surface area contributed by atoms with Crippen molar-refractivity contribution in [1.29, 1.82) is 0 Å². The van der Waals surface area contributed by atoms with E-state index in [0.717, 1.165) is 43.4 Å². The Labute approximate surface area is 159 Å². The normalized spacial score (nSPS) is 20.5. The van der Waals surface area contributed by atoms with Crippen LogP contribution in [0.4, 0.5) is 5.69 Å². The minimum Gasteiger partial charge on any atom is -0.379 e. The number of rotatable bonds is 6. The number of hydrogen-bond donors (Lipinski definition) is 1. The molecular weight excluding hydrogens is 350 g/mol. The lowest BCUT2D eigenvalue weighted by Gasteiger charge is -2.32. The van der Waals surface area contributed by atoms with Gasteiger partial charge in [-0.1, -0.05) is 19.1 Å². The molecule has 26 heavy (non-hydrogen) atoms. The van der Waals surface area contributed by atoms with Gasteiger partial charge in [-0.2, -0.15) is 0 Å². The number of para-hydroxylation sites is 1. The van der Waals surface area contributed by atoms with E-state index < -0.39 is 0 Å². The van der Waals surface area contributed by atoms with Crippen LogP contribution < -0.4 is 10.2 Å². The van der Waals surface area contributed by atoms with Crippen molar-refractivity contribution in [2.75, 3.05) is 50.8 Å². The van der Waals surface area contributed by atoms with Crippen LogP contribution in [0.5, 0.6) is 0 Å². The number of amides is 2. The van der Waals surface area contributed by atoms with Crippen LogP contribution in [0, 0.1) is 0 Å². The Morgan fingerprint density at radius 3 is 2.81 bits per heavy atom. The van der Waals surface area contributed by atoms with Gasteiger partial charge in [0.05, 0.1) is 18.9 Å². The fourth-order valence-corrected chi connectivity index (χ4v) is 4.36. The number of anilines is 1. The lowest BCUT2D eigenvalue weighted by molar-refractivity contribution is -0.125. The Kier molecular flexibility index (Phi) is 6.93. The molecule has 0 bridgehead atoms. The first-order valence-electron chi connectivity index (χ1n) is 9.26. The monoisotopic (exact) mass is 377 g/mol. The SMILES string of the molecule is C[C@H]1CN(C(=O)CCC(=O)NCCN2CCOCC2)c2ccccc2S1. The topological polar surface area (TPSA) is 61.9 Å². The molecule has 6 nitrogen and oxygen atoms in total. The number of thioether (sulfide) groups is 1. The molecule has 2 aliphatic rings. The van der Waals surface area contributed by atoms with E-state index in [4.69, 9.17) is 4.74 Å². The van der Waals surface area contributed by atoms with Gasteiger partial charge in [-0.15, -0.1) is 11.8 Å². The fraction of sp³-hybridized carbons (Fsp3) is 0.579. The lowest BCUT2D eigenvalue weighted by atomic mass is 10.2. The second kappa shape index (κ2) is 9.39. The summed E-state index contributed by atoms with van der Waals surface area (Å²) in [4.78, 5) is 29.9. The van der Waals surface area contributed by atoms with Crippen LogP contribution in [-0.2, 0) is 14.3 Å². The van der Waals surface area contributed by atoms with Gasteiger partial charge in [0.1, 0.15) is 0 Å². The summed E-state index contributed by atoms with van der Waals surface area (Å²) in [7, 11) is 0. The van der Waals surface area contributed by atoms with Crippen molar-refractivity contribution in [3.63, 3.8) is 0 Å². The van der Waals surface area contributed by atoms with Gasteiger partial charge in [0.15, 0.2) is 0 Å². The van der Waals surface area contributed by atoms with Crippen molar-refractivity contribution < 1.29 is 14.3 Å². The van der Waals surface area contributed by atoms with Gasteiger partial charge in [-0.25, -0.2) is 0 Å². The molecule has 0 unspecified atom stereocenters. The van der Waals surface area contributed by atoms with Crippen LogP contribution in [0.25, 0.3) is 0 Å². The van der Waals surface area contributed by atoms with E-state index in [1.165, 1.54) is 0 Å². The highest BCUT2D eigenvalue weighted by atomic mass is 32.2. The highest BCUT2D eigenvalue weighted by Crippen LogP contribution is 2.38. The predicted molar refractivity (Wildman–Crippen MR) is 104 cm³/mol. The number of ether oxygens (including phenoxy) is 1. The van der Waals surface area contributed by atoms with Gasteiger partial charge >= 0.3 is 0 Å².